The number of aryl methyl sites for hydroxylation is 1. The number of amides is 1. The first-order chi connectivity index (χ1) is 24.9. The van der Waals surface area contributed by atoms with E-state index in [0.29, 0.717) is 54.8 Å². The van der Waals surface area contributed by atoms with Gasteiger partial charge in [-0.15, -0.1) is 0 Å². The predicted molar refractivity (Wildman–Crippen MR) is 189 cm³/mol. The first-order valence-corrected chi connectivity index (χ1v) is 18.0. The van der Waals surface area contributed by atoms with Crippen LogP contribution < -0.4 is 15.6 Å². The van der Waals surface area contributed by atoms with E-state index >= 15 is 0 Å². The summed E-state index contributed by atoms with van der Waals surface area (Å²) in [4.78, 5) is 86.2. The molecule has 2 aromatic carbocycles. The Hall–Kier alpha value is -5.23. The van der Waals surface area contributed by atoms with Gasteiger partial charge in [0.15, 0.2) is 23.0 Å². The number of rotatable bonds is 15. The number of fused-ring (bicyclic) bond motifs is 5. The zero-order valence-electron chi connectivity index (χ0n) is 29.4. The number of benzene rings is 2. The van der Waals surface area contributed by atoms with Gasteiger partial charge in [-0.05, 0) is 84.0 Å². The summed E-state index contributed by atoms with van der Waals surface area (Å²) >= 11 is 0. The van der Waals surface area contributed by atoms with Crippen molar-refractivity contribution in [1.29, 1.82) is 0 Å². The molecular formula is C40H42N2O10. The molecule has 12 nitrogen and oxygen atoms in total. The minimum atomic E-state index is -1.88. The highest BCUT2D eigenvalue weighted by Gasteiger charge is 2.45. The highest BCUT2D eigenvalue weighted by molar-refractivity contribution is 6.20. The van der Waals surface area contributed by atoms with Crippen LogP contribution in [0.4, 0.5) is 0 Å². The molecule has 3 aromatic rings. The second-order valence-corrected chi connectivity index (χ2v) is 13.7. The van der Waals surface area contributed by atoms with E-state index in [2.05, 4.69) is 5.32 Å². The quantitative estimate of drug-likeness (QED) is 0.0784. The van der Waals surface area contributed by atoms with Crippen LogP contribution in [0.5, 0.6) is 5.75 Å². The molecule has 0 saturated heterocycles. The molecule has 1 amide bonds. The lowest BCUT2D eigenvalue weighted by Crippen LogP contribution is -2.44. The summed E-state index contributed by atoms with van der Waals surface area (Å²) in [6.07, 6.45) is 7.10. The Morgan fingerprint density at radius 3 is 2.37 bits per heavy atom. The Kier molecular flexibility index (Phi) is 10.7. The molecule has 1 atom stereocenters. The van der Waals surface area contributed by atoms with E-state index in [1.165, 1.54) is 12.2 Å². The van der Waals surface area contributed by atoms with Crippen LogP contribution in [-0.2, 0) is 58.7 Å². The van der Waals surface area contributed by atoms with Crippen molar-refractivity contribution in [2.45, 2.75) is 96.8 Å². The molecule has 12 heteroatoms. The maximum absolute atomic E-state index is 13.6. The predicted octanol–water partition coefficient (Wildman–Crippen LogP) is 4.28. The number of esters is 2. The van der Waals surface area contributed by atoms with Crippen LogP contribution in [0.15, 0.2) is 47.3 Å². The molecule has 52 heavy (non-hydrogen) atoms. The molecule has 0 spiro atoms. The maximum atomic E-state index is 13.6. The Bertz CT molecular complexity index is 2080. The van der Waals surface area contributed by atoms with E-state index in [4.69, 9.17) is 9.47 Å². The molecule has 2 aliphatic heterocycles. The number of allylic oxidation sites excluding steroid dienone is 2. The van der Waals surface area contributed by atoms with E-state index in [1.54, 1.807) is 23.6 Å². The minimum Gasteiger partial charge on any atom is -0.458 e. The number of hydrogen-bond donors (Lipinski definition) is 2. The highest BCUT2D eigenvalue weighted by Crippen LogP contribution is 2.42. The SMILES string of the molecule is CCc1c2c(cc3ccc(OC(=O)CCCCCCCC(=O)CNC(=O)CC4C(=O)C=CC4=O)cc13)-c1cc3c(c(=O)n1C2)COC(=O)[C@]3(O)CC. The summed E-state index contributed by atoms with van der Waals surface area (Å²) in [6, 6.07) is 9.24. The number of ether oxygens (including phenoxy) is 2. The molecule has 272 valence electrons. The van der Waals surface area contributed by atoms with Crippen LogP contribution in [0.25, 0.3) is 22.0 Å². The number of nitrogens with zero attached hydrogens (tertiary/aromatic N) is 1. The van der Waals surface area contributed by atoms with Crippen molar-refractivity contribution in [2.75, 3.05) is 6.54 Å². The lowest BCUT2D eigenvalue weighted by Gasteiger charge is -2.31. The molecule has 6 rings (SSSR count). The highest BCUT2D eigenvalue weighted by atomic mass is 16.6. The maximum Gasteiger partial charge on any atom is 0.343 e. The van der Waals surface area contributed by atoms with Crippen LogP contribution in [0.2, 0.25) is 0 Å². The molecule has 0 fully saturated rings. The average Bonchev–Trinajstić information content (AvgIpc) is 3.65. The number of carbonyl (C=O) groups is 6. The van der Waals surface area contributed by atoms with Crippen molar-refractivity contribution in [2.24, 2.45) is 5.92 Å². The summed E-state index contributed by atoms with van der Waals surface area (Å²) in [5.74, 6) is -3.04. The number of nitrogens with one attached hydrogen (secondary N) is 1. The van der Waals surface area contributed by atoms with E-state index in [-0.39, 0.29) is 61.3 Å². The first kappa shape index (κ1) is 36.6. The molecule has 2 N–H and O–H groups in total. The fourth-order valence-corrected chi connectivity index (χ4v) is 7.39. The summed E-state index contributed by atoms with van der Waals surface area (Å²) in [5.41, 5.74) is 1.95. The van der Waals surface area contributed by atoms with Crippen molar-refractivity contribution in [1.82, 2.24) is 9.88 Å². The van der Waals surface area contributed by atoms with Crippen molar-refractivity contribution in [3.63, 3.8) is 0 Å². The van der Waals surface area contributed by atoms with Gasteiger partial charge in [-0.25, -0.2) is 4.79 Å². The number of cyclic esters (lactones) is 1. The normalized spacial score (nSPS) is 17.6. The minimum absolute atomic E-state index is 0.0808. The van der Waals surface area contributed by atoms with Crippen molar-refractivity contribution in [3.05, 3.63) is 75.1 Å². The van der Waals surface area contributed by atoms with E-state index < -0.39 is 23.4 Å². The number of pyridine rings is 1. The van der Waals surface area contributed by atoms with Gasteiger partial charge in [0.25, 0.3) is 5.56 Å². The Morgan fingerprint density at radius 2 is 1.65 bits per heavy atom. The summed E-state index contributed by atoms with van der Waals surface area (Å²) < 4.78 is 12.6. The third-order valence-electron chi connectivity index (χ3n) is 10.4. The first-order valence-electron chi connectivity index (χ1n) is 18.0. The molecule has 1 aromatic heterocycles. The summed E-state index contributed by atoms with van der Waals surface area (Å²) in [5, 5.41) is 15.5. The zero-order chi connectivity index (χ0) is 37.2. The van der Waals surface area contributed by atoms with Gasteiger partial charge in [-0.1, -0.05) is 39.2 Å². The van der Waals surface area contributed by atoms with Gasteiger partial charge in [0.1, 0.15) is 12.4 Å². The third-order valence-corrected chi connectivity index (χ3v) is 10.4. The van der Waals surface area contributed by atoms with Gasteiger partial charge in [0.05, 0.1) is 30.3 Å². The fourth-order valence-electron chi connectivity index (χ4n) is 7.39. The number of carbonyl (C=O) groups excluding carboxylic acids is 6. The van der Waals surface area contributed by atoms with E-state index in [1.807, 2.05) is 25.1 Å². The van der Waals surface area contributed by atoms with Crippen molar-refractivity contribution in [3.8, 4) is 17.0 Å². The van der Waals surface area contributed by atoms with Crippen LogP contribution in [-0.4, -0.2) is 51.4 Å². The number of unbranched alkanes of at least 4 members (excludes halogenated alkanes) is 4. The Balaban J connectivity index is 0.986. The van der Waals surface area contributed by atoms with Crippen LogP contribution >= 0.6 is 0 Å². The van der Waals surface area contributed by atoms with Crippen LogP contribution in [0.1, 0.15) is 93.9 Å². The van der Waals surface area contributed by atoms with Crippen molar-refractivity contribution < 1.29 is 43.3 Å². The van der Waals surface area contributed by atoms with Crippen LogP contribution in [0, 0.1) is 5.92 Å². The summed E-state index contributed by atoms with van der Waals surface area (Å²) in [7, 11) is 0. The monoisotopic (exact) mass is 710 g/mol. The largest absolute Gasteiger partial charge is 0.458 e. The van der Waals surface area contributed by atoms with Gasteiger partial charge in [0, 0.05) is 30.4 Å². The van der Waals surface area contributed by atoms with E-state index in [0.717, 1.165) is 46.7 Å². The second-order valence-electron chi connectivity index (χ2n) is 13.7. The number of hydrogen-bond acceptors (Lipinski definition) is 10. The topological polar surface area (TPSA) is 175 Å². The van der Waals surface area contributed by atoms with Gasteiger partial charge >= 0.3 is 11.9 Å². The lowest BCUT2D eigenvalue weighted by atomic mass is 9.85. The molecule has 0 saturated carbocycles. The molecule has 3 heterocycles. The number of aliphatic hydroxyl groups is 1. The zero-order valence-corrected chi connectivity index (χ0v) is 29.4. The van der Waals surface area contributed by atoms with Crippen LogP contribution in [0.3, 0.4) is 0 Å². The van der Waals surface area contributed by atoms with Gasteiger partial charge < -0.3 is 24.5 Å². The third kappa shape index (κ3) is 7.12. The van der Waals surface area contributed by atoms with Gasteiger partial charge in [0.2, 0.25) is 5.91 Å². The molecule has 0 unspecified atom stereocenters. The summed E-state index contributed by atoms with van der Waals surface area (Å²) in [6.45, 7) is 3.74. The number of ketones is 3. The molecule has 0 bridgehead atoms. The second kappa shape index (κ2) is 15.2. The smallest absolute Gasteiger partial charge is 0.343 e. The van der Waals surface area contributed by atoms with Gasteiger partial charge in [-0.3, -0.25) is 28.8 Å². The molecular weight excluding hydrogens is 668 g/mol. The standard InChI is InChI=1S/C40H42N2O10/c1-3-26-27-17-25(52-37(47)11-9-7-5-6-8-10-24(43)20-41-36(46)18-29-34(44)14-15-35(29)45)13-12-23(27)16-28-30(26)21-42-33(28)19-32-31(38(42)48)22-51-39(49)40(32,50)4-2/h12-17,19,29,50H,3-11,18,20-22H2,1-2H3,(H,41,46)/t40-/m0/s1. The number of Topliss-reactive ketones (excluding diaryl/α,β-unsaturated/α-hetero) is 1. The molecule has 1 aliphatic carbocycles. The van der Waals surface area contributed by atoms with Crippen molar-refractivity contribution >= 4 is 46.0 Å². The molecule has 3 aliphatic rings. The van der Waals surface area contributed by atoms with Gasteiger partial charge in [-0.2, -0.15) is 0 Å². The Morgan fingerprint density at radius 1 is 0.942 bits per heavy atom. The Labute approximate surface area is 300 Å². The van der Waals surface area contributed by atoms with E-state index in [9.17, 15) is 38.7 Å². The lowest BCUT2D eigenvalue weighted by molar-refractivity contribution is -0.172. The average molecular weight is 711 g/mol. The molecule has 0 radical (unpaired) electrons. The number of aromatic nitrogens is 1. The fraction of sp³-hybridized carbons (Fsp3) is 0.425.